The molecule has 1 fully saturated rings. The fourth-order valence-electron chi connectivity index (χ4n) is 5.29. The Balaban J connectivity index is 1.51. The number of aryl methyl sites for hydroxylation is 1. The average Bonchev–Trinajstić information content (AvgIpc) is 3.10. The average molecular weight is 490 g/mol. The summed E-state index contributed by atoms with van der Waals surface area (Å²) in [6.45, 7) is 5.37. The van der Waals surface area contributed by atoms with Gasteiger partial charge >= 0.3 is 0 Å². The van der Waals surface area contributed by atoms with Crippen molar-refractivity contribution in [1.29, 1.82) is 0 Å². The van der Waals surface area contributed by atoms with Crippen LogP contribution in [0.1, 0.15) is 44.2 Å². The maximum atomic E-state index is 13.9. The summed E-state index contributed by atoms with van der Waals surface area (Å²) in [6.07, 6.45) is 3.66. The summed E-state index contributed by atoms with van der Waals surface area (Å²) < 4.78 is 0. The lowest BCUT2D eigenvalue weighted by molar-refractivity contribution is -0.140. The molecule has 1 saturated heterocycles. The molecule has 7 nitrogen and oxygen atoms in total. The molecule has 0 unspecified atom stereocenters. The molecule has 2 aromatic carbocycles. The van der Waals surface area contributed by atoms with Crippen LogP contribution in [0.15, 0.2) is 65.8 Å². The second kappa shape index (κ2) is 10.9. The number of benzene rings is 2. The molecule has 7 heteroatoms. The SMILES string of the molecule is CN1N=C2CCN(C(=O)[C@@H](CCCc3ccccc3)NCC(C)(C)N)C[C@]2(Cc2ccccc2)C1=O. The number of rotatable bonds is 10. The van der Waals surface area contributed by atoms with Crippen LogP contribution < -0.4 is 11.1 Å². The van der Waals surface area contributed by atoms with Crippen LogP contribution in [0.2, 0.25) is 0 Å². The Hall–Kier alpha value is -3.03. The van der Waals surface area contributed by atoms with E-state index in [0.717, 1.165) is 24.1 Å². The lowest BCUT2D eigenvalue weighted by atomic mass is 9.73. The van der Waals surface area contributed by atoms with E-state index in [2.05, 4.69) is 22.6 Å². The molecule has 4 rings (SSSR count). The van der Waals surface area contributed by atoms with Crippen molar-refractivity contribution in [3.63, 3.8) is 0 Å². The Kier molecular flexibility index (Phi) is 7.91. The molecule has 2 atom stereocenters. The van der Waals surface area contributed by atoms with Gasteiger partial charge in [-0.1, -0.05) is 60.7 Å². The molecule has 2 amide bonds. The van der Waals surface area contributed by atoms with Crippen molar-refractivity contribution in [3.8, 4) is 0 Å². The first-order valence-electron chi connectivity index (χ1n) is 12.9. The number of carbonyl (C=O) groups is 2. The summed E-state index contributed by atoms with van der Waals surface area (Å²) >= 11 is 0. The predicted octanol–water partition coefficient (Wildman–Crippen LogP) is 2.99. The van der Waals surface area contributed by atoms with Gasteiger partial charge in [0.25, 0.3) is 5.91 Å². The minimum atomic E-state index is -0.800. The Bertz CT molecular complexity index is 1080. The minimum Gasteiger partial charge on any atom is -0.339 e. The molecule has 0 bridgehead atoms. The van der Waals surface area contributed by atoms with Gasteiger partial charge < -0.3 is 16.0 Å². The third-order valence-electron chi connectivity index (χ3n) is 7.17. The number of amides is 2. The lowest BCUT2D eigenvalue weighted by Gasteiger charge is -2.41. The van der Waals surface area contributed by atoms with Crippen LogP contribution in [0.25, 0.3) is 0 Å². The van der Waals surface area contributed by atoms with Gasteiger partial charge in [-0.25, -0.2) is 5.01 Å². The summed E-state index contributed by atoms with van der Waals surface area (Å²) in [7, 11) is 1.71. The van der Waals surface area contributed by atoms with E-state index in [1.807, 2.05) is 67.3 Å². The van der Waals surface area contributed by atoms with Gasteiger partial charge in [0.1, 0.15) is 5.41 Å². The molecule has 0 radical (unpaired) electrons. The number of nitrogens with zero attached hydrogens (tertiary/aromatic N) is 3. The van der Waals surface area contributed by atoms with Crippen LogP contribution in [0.5, 0.6) is 0 Å². The summed E-state index contributed by atoms with van der Waals surface area (Å²) in [5, 5.41) is 9.48. The zero-order valence-corrected chi connectivity index (χ0v) is 21.7. The normalized spacial score (nSPS) is 20.8. The highest BCUT2D eigenvalue weighted by Gasteiger charge is 2.53. The molecule has 0 spiro atoms. The highest BCUT2D eigenvalue weighted by Crippen LogP contribution is 2.38. The number of nitrogens with one attached hydrogen (secondary N) is 1. The molecule has 2 aliphatic heterocycles. The molecule has 192 valence electrons. The third kappa shape index (κ3) is 6.02. The minimum absolute atomic E-state index is 0.0319. The van der Waals surface area contributed by atoms with E-state index >= 15 is 0 Å². The summed E-state index contributed by atoms with van der Waals surface area (Å²) in [5.74, 6) is 0.0108. The number of fused-ring (bicyclic) bond motifs is 1. The second-order valence-corrected chi connectivity index (χ2v) is 10.9. The van der Waals surface area contributed by atoms with Crippen molar-refractivity contribution in [2.75, 3.05) is 26.7 Å². The zero-order chi connectivity index (χ0) is 25.8. The van der Waals surface area contributed by atoms with Gasteiger partial charge in [0, 0.05) is 38.6 Å². The number of piperidine rings is 1. The van der Waals surface area contributed by atoms with Gasteiger partial charge in [0.15, 0.2) is 0 Å². The first kappa shape index (κ1) is 26.0. The van der Waals surface area contributed by atoms with E-state index in [4.69, 9.17) is 5.73 Å². The van der Waals surface area contributed by atoms with Crippen molar-refractivity contribution < 1.29 is 9.59 Å². The van der Waals surface area contributed by atoms with Gasteiger partial charge in [-0.05, 0) is 50.7 Å². The Morgan fingerprint density at radius 3 is 2.39 bits per heavy atom. The number of hydrazone groups is 1. The first-order valence-corrected chi connectivity index (χ1v) is 12.9. The smallest absolute Gasteiger partial charge is 0.256 e. The van der Waals surface area contributed by atoms with Crippen LogP contribution in [-0.2, 0) is 22.4 Å². The number of hydrogen-bond donors (Lipinski definition) is 2. The largest absolute Gasteiger partial charge is 0.339 e. The summed E-state index contributed by atoms with van der Waals surface area (Å²) in [5.41, 5.74) is 8.24. The quantitative estimate of drug-likeness (QED) is 0.537. The number of hydrogen-bond acceptors (Lipinski definition) is 5. The Morgan fingerprint density at radius 1 is 1.11 bits per heavy atom. The maximum Gasteiger partial charge on any atom is 0.256 e. The van der Waals surface area contributed by atoms with E-state index in [1.165, 1.54) is 10.6 Å². The van der Waals surface area contributed by atoms with Crippen molar-refractivity contribution in [2.24, 2.45) is 16.3 Å². The standard InChI is InChI=1S/C29H39N5O2/c1-28(2,30)20-31-24(16-10-15-22-11-6-4-7-12-22)26(35)34-18-17-25-29(21-34,27(36)33(3)32-25)19-23-13-8-5-9-14-23/h4-9,11-14,24,31H,10,15-21,30H2,1-3H3/t24-,29+/m1/s1. The Labute approximate surface area is 214 Å². The van der Waals surface area contributed by atoms with Crippen LogP contribution in [0.3, 0.4) is 0 Å². The van der Waals surface area contributed by atoms with E-state index in [9.17, 15) is 9.59 Å². The molecular formula is C29H39N5O2. The van der Waals surface area contributed by atoms with Crippen molar-refractivity contribution in [3.05, 3.63) is 71.8 Å². The van der Waals surface area contributed by atoms with Gasteiger partial charge in [0.05, 0.1) is 11.8 Å². The summed E-state index contributed by atoms with van der Waals surface area (Å²) in [6, 6.07) is 20.0. The zero-order valence-electron chi connectivity index (χ0n) is 21.7. The molecule has 36 heavy (non-hydrogen) atoms. The molecule has 0 aliphatic carbocycles. The molecule has 2 heterocycles. The van der Waals surface area contributed by atoms with Gasteiger partial charge in [-0.15, -0.1) is 0 Å². The highest BCUT2D eigenvalue weighted by atomic mass is 16.2. The van der Waals surface area contributed by atoms with Crippen LogP contribution in [-0.4, -0.2) is 65.7 Å². The van der Waals surface area contributed by atoms with Crippen LogP contribution in [0.4, 0.5) is 0 Å². The summed E-state index contributed by atoms with van der Waals surface area (Å²) in [4.78, 5) is 29.2. The fourth-order valence-corrected chi connectivity index (χ4v) is 5.29. The topological polar surface area (TPSA) is 91.0 Å². The van der Waals surface area contributed by atoms with E-state index in [0.29, 0.717) is 38.9 Å². The monoisotopic (exact) mass is 489 g/mol. The molecule has 3 N–H and O–H groups in total. The molecule has 0 aromatic heterocycles. The number of likely N-dealkylation sites (tertiary alicyclic amines) is 1. The third-order valence-corrected chi connectivity index (χ3v) is 7.17. The van der Waals surface area contributed by atoms with E-state index in [1.54, 1.807) is 7.05 Å². The Morgan fingerprint density at radius 2 is 1.75 bits per heavy atom. The van der Waals surface area contributed by atoms with Gasteiger partial charge in [-0.2, -0.15) is 5.10 Å². The first-order chi connectivity index (χ1) is 17.2. The molecule has 2 aromatic rings. The van der Waals surface area contributed by atoms with Crippen molar-refractivity contribution in [2.45, 2.75) is 57.5 Å². The number of carbonyl (C=O) groups excluding carboxylic acids is 2. The van der Waals surface area contributed by atoms with E-state index in [-0.39, 0.29) is 17.9 Å². The second-order valence-electron chi connectivity index (χ2n) is 10.9. The number of nitrogens with two attached hydrogens (primary N) is 1. The highest BCUT2D eigenvalue weighted by molar-refractivity contribution is 6.13. The van der Waals surface area contributed by atoms with E-state index < -0.39 is 11.0 Å². The fraction of sp³-hybridized carbons (Fsp3) is 0.483. The van der Waals surface area contributed by atoms with Gasteiger partial charge in [0.2, 0.25) is 5.91 Å². The van der Waals surface area contributed by atoms with Crippen LogP contribution in [0, 0.1) is 5.41 Å². The maximum absolute atomic E-state index is 13.9. The molecule has 0 saturated carbocycles. The van der Waals surface area contributed by atoms with Crippen molar-refractivity contribution in [1.82, 2.24) is 15.2 Å². The predicted molar refractivity (Wildman–Crippen MR) is 143 cm³/mol. The van der Waals surface area contributed by atoms with Crippen LogP contribution >= 0.6 is 0 Å². The van der Waals surface area contributed by atoms with Crippen molar-refractivity contribution >= 4 is 17.5 Å². The molecular weight excluding hydrogens is 450 g/mol. The molecule has 2 aliphatic rings. The lowest BCUT2D eigenvalue weighted by Crippen LogP contribution is -2.59. The van der Waals surface area contributed by atoms with Gasteiger partial charge in [-0.3, -0.25) is 9.59 Å².